The second-order valence-electron chi connectivity index (χ2n) is 6.04. The number of esters is 1. The molecular formula is C16H23NO4S. The molecular weight excluding hydrogens is 302 g/mol. The van der Waals surface area contributed by atoms with Gasteiger partial charge >= 0.3 is 5.97 Å². The Morgan fingerprint density at radius 1 is 1.32 bits per heavy atom. The first-order valence-corrected chi connectivity index (χ1v) is 8.46. The molecule has 0 spiro atoms. The summed E-state index contributed by atoms with van der Waals surface area (Å²) in [6.07, 6.45) is 1.63. The molecule has 0 aliphatic carbocycles. The van der Waals surface area contributed by atoms with Gasteiger partial charge < -0.3 is 4.74 Å². The van der Waals surface area contributed by atoms with Crippen LogP contribution in [0, 0.1) is 6.92 Å². The summed E-state index contributed by atoms with van der Waals surface area (Å²) in [5, 5.41) is 0. The van der Waals surface area contributed by atoms with Gasteiger partial charge in [-0.25, -0.2) is 8.42 Å². The van der Waals surface area contributed by atoms with Gasteiger partial charge in [0.1, 0.15) is 11.6 Å². The topological polar surface area (TPSA) is 72.5 Å². The van der Waals surface area contributed by atoms with Crippen molar-refractivity contribution in [3.63, 3.8) is 0 Å². The summed E-state index contributed by atoms with van der Waals surface area (Å²) in [6, 6.07) is 5.40. The summed E-state index contributed by atoms with van der Waals surface area (Å²) in [5.41, 5.74) is 0.264. The van der Waals surface area contributed by atoms with E-state index in [1.165, 1.54) is 18.2 Å². The molecule has 0 fully saturated rings. The molecule has 1 N–H and O–H groups in total. The van der Waals surface area contributed by atoms with Gasteiger partial charge in [0, 0.05) is 0 Å². The third-order valence-electron chi connectivity index (χ3n) is 2.72. The number of ether oxygens (including phenoxy) is 1. The summed E-state index contributed by atoms with van der Waals surface area (Å²) in [7, 11) is -3.80. The Morgan fingerprint density at radius 3 is 2.32 bits per heavy atom. The molecule has 0 saturated carbocycles. The first-order chi connectivity index (χ1) is 10.0. The molecule has 5 nitrogen and oxygen atoms in total. The number of benzene rings is 1. The molecule has 1 aromatic carbocycles. The van der Waals surface area contributed by atoms with Gasteiger partial charge in [-0.2, -0.15) is 4.72 Å². The SMILES string of the molecule is C=CCC(NS(=O)(=O)c1ccc(C)cc1)C(=O)OC(C)(C)C. The molecule has 122 valence electrons. The summed E-state index contributed by atoms with van der Waals surface area (Å²) < 4.78 is 32.3. The molecule has 0 amide bonds. The minimum atomic E-state index is -3.80. The lowest BCUT2D eigenvalue weighted by Gasteiger charge is -2.24. The third kappa shape index (κ3) is 5.61. The van der Waals surface area contributed by atoms with Crippen LogP contribution in [0.1, 0.15) is 32.8 Å². The number of hydrogen-bond acceptors (Lipinski definition) is 4. The Kier molecular flexibility index (Phi) is 5.91. The lowest BCUT2D eigenvalue weighted by molar-refractivity contribution is -0.156. The van der Waals surface area contributed by atoms with E-state index < -0.39 is 27.6 Å². The standard InChI is InChI=1S/C16H23NO4S/c1-6-7-14(15(18)21-16(3,4)5)17-22(19,20)13-10-8-12(2)9-11-13/h6,8-11,14,17H,1,7H2,2-5H3. The minimum absolute atomic E-state index is 0.107. The van der Waals surface area contributed by atoms with Crippen LogP contribution in [0.15, 0.2) is 41.8 Å². The van der Waals surface area contributed by atoms with Crippen LogP contribution in [0.4, 0.5) is 0 Å². The average molecular weight is 325 g/mol. The predicted molar refractivity (Wildman–Crippen MR) is 85.9 cm³/mol. The van der Waals surface area contributed by atoms with Crippen LogP contribution in [0.3, 0.4) is 0 Å². The second-order valence-corrected chi connectivity index (χ2v) is 7.76. The Hall–Kier alpha value is -1.66. The van der Waals surface area contributed by atoms with Crippen LogP contribution in [-0.2, 0) is 19.6 Å². The number of nitrogens with one attached hydrogen (secondary N) is 1. The fourth-order valence-electron chi connectivity index (χ4n) is 1.70. The quantitative estimate of drug-likeness (QED) is 0.644. The molecule has 0 aliphatic rings. The first-order valence-electron chi connectivity index (χ1n) is 6.98. The Labute approximate surface area is 132 Å². The highest BCUT2D eigenvalue weighted by Crippen LogP contribution is 2.14. The van der Waals surface area contributed by atoms with Crippen molar-refractivity contribution < 1.29 is 17.9 Å². The molecule has 6 heteroatoms. The van der Waals surface area contributed by atoms with Gasteiger partial charge in [0.15, 0.2) is 0 Å². The molecule has 0 bridgehead atoms. The van der Waals surface area contributed by atoms with Gasteiger partial charge in [-0.1, -0.05) is 23.8 Å². The largest absolute Gasteiger partial charge is 0.459 e. The Balaban J connectivity index is 2.96. The molecule has 0 radical (unpaired) electrons. The normalized spacial score (nSPS) is 13.5. The van der Waals surface area contributed by atoms with Gasteiger partial charge in [0.05, 0.1) is 4.90 Å². The van der Waals surface area contributed by atoms with Gasteiger partial charge in [0.2, 0.25) is 10.0 Å². The fraction of sp³-hybridized carbons (Fsp3) is 0.438. The van der Waals surface area contributed by atoms with E-state index in [0.717, 1.165) is 5.56 Å². The van der Waals surface area contributed by atoms with Gasteiger partial charge in [0.25, 0.3) is 0 Å². The van der Waals surface area contributed by atoms with Crippen molar-refractivity contribution in [3.05, 3.63) is 42.5 Å². The van der Waals surface area contributed by atoms with Crippen molar-refractivity contribution in [1.82, 2.24) is 4.72 Å². The van der Waals surface area contributed by atoms with Gasteiger partial charge in [-0.05, 0) is 46.2 Å². The molecule has 0 aromatic heterocycles. The van der Waals surface area contributed by atoms with Crippen LogP contribution in [0.25, 0.3) is 0 Å². The van der Waals surface area contributed by atoms with Gasteiger partial charge in [-0.3, -0.25) is 4.79 Å². The monoisotopic (exact) mass is 325 g/mol. The van der Waals surface area contributed by atoms with Gasteiger partial charge in [-0.15, -0.1) is 6.58 Å². The number of rotatable bonds is 6. The third-order valence-corrected chi connectivity index (χ3v) is 4.21. The van der Waals surface area contributed by atoms with E-state index in [2.05, 4.69) is 11.3 Å². The Morgan fingerprint density at radius 2 is 1.86 bits per heavy atom. The van der Waals surface area contributed by atoms with E-state index in [1.54, 1.807) is 32.9 Å². The van der Waals surface area contributed by atoms with Crippen molar-refractivity contribution in [2.45, 2.75) is 50.7 Å². The zero-order valence-electron chi connectivity index (χ0n) is 13.4. The second kappa shape index (κ2) is 7.07. The van der Waals surface area contributed by atoms with Crippen LogP contribution >= 0.6 is 0 Å². The number of hydrogen-bond donors (Lipinski definition) is 1. The van der Waals surface area contributed by atoms with E-state index >= 15 is 0 Å². The molecule has 1 rings (SSSR count). The number of sulfonamides is 1. The maximum atomic E-state index is 12.3. The number of carbonyl (C=O) groups excluding carboxylic acids is 1. The molecule has 0 heterocycles. The highest BCUT2D eigenvalue weighted by Gasteiger charge is 2.28. The maximum absolute atomic E-state index is 12.3. The van der Waals surface area contributed by atoms with E-state index in [9.17, 15) is 13.2 Å². The van der Waals surface area contributed by atoms with Crippen molar-refractivity contribution in [1.29, 1.82) is 0 Å². The Bertz CT molecular complexity index is 627. The fourth-order valence-corrected chi connectivity index (χ4v) is 2.90. The summed E-state index contributed by atoms with van der Waals surface area (Å²) >= 11 is 0. The van der Waals surface area contributed by atoms with E-state index in [-0.39, 0.29) is 11.3 Å². The maximum Gasteiger partial charge on any atom is 0.325 e. The van der Waals surface area contributed by atoms with Crippen molar-refractivity contribution >= 4 is 16.0 Å². The molecule has 0 saturated heterocycles. The predicted octanol–water partition coefficient (Wildman–Crippen LogP) is 2.56. The average Bonchev–Trinajstić information content (AvgIpc) is 2.36. The van der Waals surface area contributed by atoms with Crippen LogP contribution < -0.4 is 4.72 Å². The van der Waals surface area contributed by atoms with E-state index in [4.69, 9.17) is 4.74 Å². The first kappa shape index (κ1) is 18.4. The lowest BCUT2D eigenvalue weighted by atomic mass is 10.1. The zero-order valence-corrected chi connectivity index (χ0v) is 14.2. The zero-order chi connectivity index (χ0) is 17.0. The van der Waals surface area contributed by atoms with Crippen LogP contribution in [0.2, 0.25) is 0 Å². The highest BCUT2D eigenvalue weighted by molar-refractivity contribution is 7.89. The van der Waals surface area contributed by atoms with Crippen LogP contribution in [-0.4, -0.2) is 26.0 Å². The molecule has 1 atom stereocenters. The molecule has 22 heavy (non-hydrogen) atoms. The highest BCUT2D eigenvalue weighted by atomic mass is 32.2. The minimum Gasteiger partial charge on any atom is -0.459 e. The molecule has 1 unspecified atom stereocenters. The molecule has 0 aliphatic heterocycles. The lowest BCUT2D eigenvalue weighted by Crippen LogP contribution is -2.43. The number of carbonyl (C=O) groups is 1. The number of aryl methyl sites for hydroxylation is 1. The van der Waals surface area contributed by atoms with Crippen molar-refractivity contribution in [2.75, 3.05) is 0 Å². The summed E-state index contributed by atoms with van der Waals surface area (Å²) in [4.78, 5) is 12.2. The van der Waals surface area contributed by atoms with Crippen molar-refractivity contribution in [2.24, 2.45) is 0 Å². The summed E-state index contributed by atoms with van der Waals surface area (Å²) in [5.74, 6) is -0.622. The molecule has 1 aromatic rings. The van der Waals surface area contributed by atoms with E-state index in [1.807, 2.05) is 6.92 Å². The van der Waals surface area contributed by atoms with E-state index in [0.29, 0.717) is 0 Å². The van der Waals surface area contributed by atoms with Crippen LogP contribution in [0.5, 0.6) is 0 Å². The smallest absolute Gasteiger partial charge is 0.325 e. The van der Waals surface area contributed by atoms with Crippen molar-refractivity contribution in [3.8, 4) is 0 Å². The summed E-state index contributed by atoms with van der Waals surface area (Å²) in [6.45, 7) is 10.6.